The van der Waals surface area contributed by atoms with Crippen LogP contribution in [0.2, 0.25) is 0 Å². The molecule has 0 aliphatic carbocycles. The molecule has 0 saturated carbocycles. The Bertz CT molecular complexity index is 1100. The molecular formula is C28H30BrFN2O2. The van der Waals surface area contributed by atoms with E-state index in [0.717, 1.165) is 15.6 Å². The van der Waals surface area contributed by atoms with Gasteiger partial charge in [-0.2, -0.15) is 0 Å². The SMILES string of the molecule is CC(C)CNC(=O)C(Cc1ccccc1)N(Cc1cccc(Br)c1)C(=O)Cc1ccccc1F. The topological polar surface area (TPSA) is 49.4 Å². The van der Waals surface area contributed by atoms with Crippen molar-refractivity contribution >= 4 is 27.7 Å². The van der Waals surface area contributed by atoms with Crippen molar-refractivity contribution in [1.82, 2.24) is 10.2 Å². The van der Waals surface area contributed by atoms with Gasteiger partial charge >= 0.3 is 0 Å². The van der Waals surface area contributed by atoms with Gasteiger partial charge in [0, 0.05) is 24.0 Å². The molecule has 34 heavy (non-hydrogen) atoms. The van der Waals surface area contributed by atoms with Crippen LogP contribution < -0.4 is 5.32 Å². The fourth-order valence-electron chi connectivity index (χ4n) is 3.71. The average Bonchev–Trinajstić information content (AvgIpc) is 2.82. The molecule has 0 spiro atoms. The molecule has 0 aliphatic rings. The van der Waals surface area contributed by atoms with E-state index in [-0.39, 0.29) is 30.7 Å². The average molecular weight is 525 g/mol. The number of amides is 2. The minimum atomic E-state index is -0.737. The Labute approximate surface area is 209 Å². The summed E-state index contributed by atoms with van der Waals surface area (Å²) >= 11 is 3.48. The Morgan fingerprint density at radius 1 is 0.941 bits per heavy atom. The molecule has 0 saturated heterocycles. The van der Waals surface area contributed by atoms with Gasteiger partial charge in [0.25, 0.3) is 0 Å². The van der Waals surface area contributed by atoms with E-state index in [4.69, 9.17) is 0 Å². The van der Waals surface area contributed by atoms with Crippen molar-refractivity contribution in [3.05, 3.63) is 106 Å². The standard InChI is InChI=1S/C28H30BrFN2O2/c1-20(2)18-31-28(34)26(16-21-9-4-3-5-10-21)32(19-22-11-8-13-24(29)15-22)27(33)17-23-12-6-7-14-25(23)30/h3-15,20,26H,16-19H2,1-2H3,(H,31,34). The lowest BCUT2D eigenvalue weighted by molar-refractivity contribution is -0.140. The number of nitrogens with zero attached hydrogens (tertiary/aromatic N) is 1. The Morgan fingerprint density at radius 3 is 2.29 bits per heavy atom. The molecule has 1 atom stereocenters. The third kappa shape index (κ3) is 7.52. The molecule has 6 heteroatoms. The highest BCUT2D eigenvalue weighted by atomic mass is 79.9. The van der Waals surface area contributed by atoms with Crippen LogP contribution in [0.3, 0.4) is 0 Å². The number of hydrogen-bond acceptors (Lipinski definition) is 2. The van der Waals surface area contributed by atoms with Crippen molar-refractivity contribution in [1.29, 1.82) is 0 Å². The second-order valence-corrected chi connectivity index (χ2v) is 9.68. The summed E-state index contributed by atoms with van der Waals surface area (Å²) in [7, 11) is 0. The summed E-state index contributed by atoms with van der Waals surface area (Å²) in [6.45, 7) is 4.79. The molecule has 3 aromatic rings. The van der Waals surface area contributed by atoms with E-state index in [1.807, 2.05) is 68.4 Å². The minimum Gasteiger partial charge on any atom is -0.354 e. The Kier molecular flexibility index (Phi) is 9.40. The number of carbonyl (C=O) groups excluding carboxylic acids is 2. The lowest BCUT2D eigenvalue weighted by Gasteiger charge is -2.32. The van der Waals surface area contributed by atoms with Crippen molar-refractivity contribution in [2.24, 2.45) is 5.92 Å². The van der Waals surface area contributed by atoms with Crippen molar-refractivity contribution in [3.8, 4) is 0 Å². The molecule has 0 aromatic heterocycles. The fraction of sp³-hybridized carbons (Fsp3) is 0.286. The summed E-state index contributed by atoms with van der Waals surface area (Å²) in [5, 5.41) is 2.99. The summed E-state index contributed by atoms with van der Waals surface area (Å²) in [5.74, 6) is -0.670. The first kappa shape index (κ1) is 25.6. The third-order valence-electron chi connectivity index (χ3n) is 5.50. The first-order valence-electron chi connectivity index (χ1n) is 11.4. The summed E-state index contributed by atoms with van der Waals surface area (Å²) in [6, 6.07) is 22.8. The first-order chi connectivity index (χ1) is 16.3. The summed E-state index contributed by atoms with van der Waals surface area (Å²) in [4.78, 5) is 28.6. The zero-order chi connectivity index (χ0) is 24.5. The molecule has 3 aromatic carbocycles. The molecule has 1 unspecified atom stereocenters. The van der Waals surface area contributed by atoms with E-state index < -0.39 is 11.9 Å². The molecule has 3 rings (SSSR count). The maximum atomic E-state index is 14.4. The number of halogens is 2. The quantitative estimate of drug-likeness (QED) is 0.378. The Morgan fingerprint density at radius 2 is 1.62 bits per heavy atom. The largest absolute Gasteiger partial charge is 0.354 e. The maximum absolute atomic E-state index is 14.4. The highest BCUT2D eigenvalue weighted by molar-refractivity contribution is 9.10. The van der Waals surface area contributed by atoms with Crippen LogP contribution in [0.4, 0.5) is 4.39 Å². The summed E-state index contributed by atoms with van der Waals surface area (Å²) < 4.78 is 15.2. The molecule has 0 aliphatic heterocycles. The van der Waals surface area contributed by atoms with Gasteiger partial charge in [-0.15, -0.1) is 0 Å². The summed E-state index contributed by atoms with van der Waals surface area (Å²) in [6.07, 6.45) is 0.241. The number of carbonyl (C=O) groups is 2. The van der Waals surface area contributed by atoms with Gasteiger partial charge in [-0.3, -0.25) is 9.59 Å². The van der Waals surface area contributed by atoms with Crippen molar-refractivity contribution in [3.63, 3.8) is 0 Å². The maximum Gasteiger partial charge on any atom is 0.243 e. The lowest BCUT2D eigenvalue weighted by atomic mass is 10.0. The molecule has 0 radical (unpaired) electrons. The smallest absolute Gasteiger partial charge is 0.243 e. The highest BCUT2D eigenvalue weighted by Gasteiger charge is 2.30. The van der Waals surface area contributed by atoms with Crippen LogP contribution >= 0.6 is 15.9 Å². The molecule has 1 N–H and O–H groups in total. The van der Waals surface area contributed by atoms with Crippen LogP contribution in [0.1, 0.15) is 30.5 Å². The van der Waals surface area contributed by atoms with E-state index in [9.17, 15) is 14.0 Å². The zero-order valence-corrected chi connectivity index (χ0v) is 21.1. The van der Waals surface area contributed by atoms with Crippen molar-refractivity contribution in [2.45, 2.75) is 39.3 Å². The molecule has 2 amide bonds. The van der Waals surface area contributed by atoms with Crippen molar-refractivity contribution < 1.29 is 14.0 Å². The van der Waals surface area contributed by atoms with Crippen LogP contribution in [0.25, 0.3) is 0 Å². The molecule has 0 fully saturated rings. The summed E-state index contributed by atoms with van der Waals surface area (Å²) in [5.41, 5.74) is 2.14. The normalized spacial score (nSPS) is 11.8. The minimum absolute atomic E-state index is 0.122. The van der Waals surface area contributed by atoms with Gasteiger partial charge in [0.2, 0.25) is 11.8 Å². The van der Waals surface area contributed by atoms with E-state index in [1.54, 1.807) is 23.1 Å². The molecule has 0 bridgehead atoms. The van der Waals surface area contributed by atoms with Gasteiger partial charge in [-0.25, -0.2) is 4.39 Å². The zero-order valence-electron chi connectivity index (χ0n) is 19.5. The van der Waals surface area contributed by atoms with Crippen LogP contribution in [0.5, 0.6) is 0 Å². The Balaban J connectivity index is 1.97. The molecule has 4 nitrogen and oxygen atoms in total. The number of benzene rings is 3. The number of rotatable bonds is 10. The van der Waals surface area contributed by atoms with Gasteiger partial charge in [-0.05, 0) is 40.8 Å². The first-order valence-corrected chi connectivity index (χ1v) is 12.2. The van der Waals surface area contributed by atoms with Gasteiger partial charge in [0.05, 0.1) is 6.42 Å². The lowest BCUT2D eigenvalue weighted by Crippen LogP contribution is -2.51. The van der Waals surface area contributed by atoms with E-state index >= 15 is 0 Å². The van der Waals surface area contributed by atoms with Crippen LogP contribution in [-0.2, 0) is 29.0 Å². The fourth-order valence-corrected chi connectivity index (χ4v) is 4.16. The van der Waals surface area contributed by atoms with E-state index in [1.165, 1.54) is 6.07 Å². The van der Waals surface area contributed by atoms with Crippen LogP contribution in [0.15, 0.2) is 83.3 Å². The molecular weight excluding hydrogens is 495 g/mol. The van der Waals surface area contributed by atoms with Gasteiger partial charge in [0.1, 0.15) is 11.9 Å². The molecule has 178 valence electrons. The van der Waals surface area contributed by atoms with Gasteiger partial charge < -0.3 is 10.2 Å². The predicted molar refractivity (Wildman–Crippen MR) is 137 cm³/mol. The monoisotopic (exact) mass is 524 g/mol. The van der Waals surface area contributed by atoms with E-state index in [0.29, 0.717) is 18.5 Å². The second kappa shape index (κ2) is 12.5. The van der Waals surface area contributed by atoms with Gasteiger partial charge in [-0.1, -0.05) is 90.4 Å². The second-order valence-electron chi connectivity index (χ2n) is 8.76. The van der Waals surface area contributed by atoms with Crippen LogP contribution in [-0.4, -0.2) is 29.3 Å². The number of nitrogens with one attached hydrogen (secondary N) is 1. The Hall–Kier alpha value is -2.99. The van der Waals surface area contributed by atoms with E-state index in [2.05, 4.69) is 21.2 Å². The number of hydrogen-bond donors (Lipinski definition) is 1. The predicted octanol–water partition coefficient (Wildman–Crippen LogP) is 5.54. The molecule has 0 heterocycles. The van der Waals surface area contributed by atoms with Crippen molar-refractivity contribution in [2.75, 3.05) is 6.54 Å². The van der Waals surface area contributed by atoms with Gasteiger partial charge in [0.15, 0.2) is 0 Å². The van der Waals surface area contributed by atoms with Crippen LogP contribution in [0, 0.1) is 11.7 Å². The highest BCUT2D eigenvalue weighted by Crippen LogP contribution is 2.19. The third-order valence-corrected chi connectivity index (χ3v) is 5.99.